The van der Waals surface area contributed by atoms with E-state index in [1.807, 2.05) is 18.2 Å². The fourth-order valence-corrected chi connectivity index (χ4v) is 3.59. The fraction of sp³-hybridized carbons (Fsp3) is 0.238. The number of hydrogen-bond acceptors (Lipinski definition) is 5. The Kier molecular flexibility index (Phi) is 5.07. The number of aromatic amines is 1. The van der Waals surface area contributed by atoms with Crippen molar-refractivity contribution in [3.05, 3.63) is 74.7 Å². The highest BCUT2D eigenvalue weighted by Gasteiger charge is 2.22. The lowest BCUT2D eigenvalue weighted by molar-refractivity contribution is 0.238. The summed E-state index contributed by atoms with van der Waals surface area (Å²) in [5.74, 6) is 1.37. The Labute approximate surface area is 167 Å². The van der Waals surface area contributed by atoms with Gasteiger partial charge in [0.1, 0.15) is 17.3 Å². The number of benzene rings is 2. The smallest absolute Gasteiger partial charge is 0.255 e. The van der Waals surface area contributed by atoms with E-state index in [4.69, 9.17) is 16.3 Å². The quantitative estimate of drug-likeness (QED) is 0.705. The van der Waals surface area contributed by atoms with Crippen molar-refractivity contribution in [2.24, 2.45) is 0 Å². The van der Waals surface area contributed by atoms with Gasteiger partial charge in [0.25, 0.3) is 5.56 Å². The van der Waals surface area contributed by atoms with E-state index in [1.54, 1.807) is 31.4 Å². The average molecular weight is 398 g/mol. The highest BCUT2D eigenvalue weighted by molar-refractivity contribution is 6.30. The van der Waals surface area contributed by atoms with Gasteiger partial charge in [-0.1, -0.05) is 17.7 Å². The van der Waals surface area contributed by atoms with Gasteiger partial charge >= 0.3 is 0 Å². The third kappa shape index (κ3) is 3.74. The van der Waals surface area contributed by atoms with Gasteiger partial charge in [0, 0.05) is 48.3 Å². The van der Waals surface area contributed by atoms with Gasteiger partial charge in [-0.05, 0) is 30.3 Å². The van der Waals surface area contributed by atoms with Crippen molar-refractivity contribution in [3.63, 3.8) is 0 Å². The Hall–Kier alpha value is -2.83. The summed E-state index contributed by atoms with van der Waals surface area (Å²) in [6.07, 6.45) is 0.695. The third-order valence-electron chi connectivity index (χ3n) is 4.93. The largest absolute Gasteiger partial charge is 0.508 e. The molecule has 2 aromatic carbocycles. The fourth-order valence-electron chi connectivity index (χ4n) is 3.47. The minimum atomic E-state index is -0.114. The first-order chi connectivity index (χ1) is 13.5. The van der Waals surface area contributed by atoms with Gasteiger partial charge in [-0.3, -0.25) is 9.69 Å². The van der Waals surface area contributed by atoms with Crippen molar-refractivity contribution in [2.75, 3.05) is 13.7 Å². The van der Waals surface area contributed by atoms with Crippen LogP contribution in [0, 0.1) is 0 Å². The number of phenols is 1. The van der Waals surface area contributed by atoms with E-state index in [9.17, 15) is 9.90 Å². The second-order valence-electron chi connectivity index (χ2n) is 6.80. The standard InChI is InChI=1S/C21H20ClN3O3/c1-28-19-10-16(26)7-4-14(19)11-25-9-8-18-17(12-25)21(27)24-20(23-18)13-2-5-15(22)6-3-13/h2-7,10,26H,8-9,11-12H2,1H3,(H,23,24,27). The van der Waals surface area contributed by atoms with Gasteiger partial charge in [-0.25, -0.2) is 4.98 Å². The van der Waals surface area contributed by atoms with Gasteiger partial charge in [0.15, 0.2) is 0 Å². The number of phenolic OH excluding ortho intramolecular Hbond substituents is 1. The maximum Gasteiger partial charge on any atom is 0.255 e. The monoisotopic (exact) mass is 397 g/mol. The molecule has 0 saturated carbocycles. The molecule has 0 unspecified atom stereocenters. The van der Waals surface area contributed by atoms with Crippen molar-refractivity contribution in [1.82, 2.24) is 14.9 Å². The molecule has 0 radical (unpaired) electrons. The minimum absolute atomic E-state index is 0.114. The van der Waals surface area contributed by atoms with Crippen molar-refractivity contribution < 1.29 is 9.84 Å². The van der Waals surface area contributed by atoms with Crippen LogP contribution in [0.15, 0.2) is 47.3 Å². The predicted molar refractivity (Wildman–Crippen MR) is 108 cm³/mol. The normalized spacial score (nSPS) is 13.9. The van der Waals surface area contributed by atoms with Crippen LogP contribution < -0.4 is 10.3 Å². The third-order valence-corrected chi connectivity index (χ3v) is 5.18. The number of fused-ring (bicyclic) bond motifs is 1. The topological polar surface area (TPSA) is 78.5 Å². The van der Waals surface area contributed by atoms with E-state index in [-0.39, 0.29) is 11.3 Å². The zero-order valence-corrected chi connectivity index (χ0v) is 16.2. The minimum Gasteiger partial charge on any atom is -0.508 e. The predicted octanol–water partition coefficient (Wildman–Crippen LogP) is 3.36. The summed E-state index contributed by atoms with van der Waals surface area (Å²) in [5.41, 5.74) is 3.22. The number of halogens is 1. The zero-order chi connectivity index (χ0) is 19.7. The number of nitrogens with one attached hydrogen (secondary N) is 1. The molecule has 0 saturated heterocycles. The second-order valence-corrected chi connectivity index (χ2v) is 7.24. The van der Waals surface area contributed by atoms with E-state index in [0.717, 1.165) is 23.4 Å². The van der Waals surface area contributed by atoms with E-state index in [1.165, 1.54) is 0 Å². The van der Waals surface area contributed by atoms with Gasteiger partial charge in [0.05, 0.1) is 18.4 Å². The summed E-state index contributed by atoms with van der Waals surface area (Å²) in [7, 11) is 1.58. The Balaban J connectivity index is 1.58. The summed E-state index contributed by atoms with van der Waals surface area (Å²) in [6.45, 7) is 1.93. The summed E-state index contributed by atoms with van der Waals surface area (Å²) in [4.78, 5) is 22.4. The molecule has 144 valence electrons. The SMILES string of the molecule is COc1cc(O)ccc1CN1CCc2nc(-c3ccc(Cl)cc3)[nH]c(=O)c2C1. The van der Waals surface area contributed by atoms with Gasteiger partial charge in [0.2, 0.25) is 0 Å². The summed E-state index contributed by atoms with van der Waals surface area (Å²) in [6, 6.07) is 12.3. The Morgan fingerprint density at radius 1 is 1.25 bits per heavy atom. The summed E-state index contributed by atoms with van der Waals surface area (Å²) < 4.78 is 5.36. The Bertz CT molecular complexity index is 1060. The molecule has 0 atom stereocenters. The van der Waals surface area contributed by atoms with Crippen LogP contribution in [0.3, 0.4) is 0 Å². The van der Waals surface area contributed by atoms with Gasteiger partial charge in [-0.2, -0.15) is 0 Å². The first-order valence-corrected chi connectivity index (χ1v) is 9.37. The molecule has 3 aromatic rings. The molecule has 1 aromatic heterocycles. The number of methoxy groups -OCH3 is 1. The molecule has 0 bridgehead atoms. The van der Waals surface area contributed by atoms with Crippen LogP contribution >= 0.6 is 11.6 Å². The lowest BCUT2D eigenvalue weighted by atomic mass is 10.0. The Morgan fingerprint density at radius 2 is 2.04 bits per heavy atom. The van der Waals surface area contributed by atoms with E-state index in [2.05, 4.69) is 14.9 Å². The van der Waals surface area contributed by atoms with Crippen LogP contribution in [-0.4, -0.2) is 33.6 Å². The molecule has 6 nitrogen and oxygen atoms in total. The van der Waals surface area contributed by atoms with Gasteiger partial charge in [-0.15, -0.1) is 0 Å². The number of hydrogen-bond donors (Lipinski definition) is 2. The summed E-state index contributed by atoms with van der Waals surface area (Å²) in [5, 5.41) is 10.3. The molecular formula is C21H20ClN3O3. The average Bonchev–Trinajstić information content (AvgIpc) is 2.70. The maximum atomic E-state index is 12.7. The zero-order valence-electron chi connectivity index (χ0n) is 15.4. The highest BCUT2D eigenvalue weighted by atomic mass is 35.5. The van der Waals surface area contributed by atoms with Crippen LogP contribution in [0.4, 0.5) is 0 Å². The molecule has 0 amide bonds. The van der Waals surface area contributed by atoms with Crippen molar-refractivity contribution in [1.29, 1.82) is 0 Å². The summed E-state index contributed by atoms with van der Waals surface area (Å²) >= 11 is 5.94. The number of H-pyrrole nitrogens is 1. The van der Waals surface area contributed by atoms with Crippen molar-refractivity contribution in [2.45, 2.75) is 19.5 Å². The number of aromatic nitrogens is 2. The maximum absolute atomic E-state index is 12.7. The van der Waals surface area contributed by atoms with Crippen LogP contribution in [0.1, 0.15) is 16.8 Å². The van der Waals surface area contributed by atoms with Crippen LogP contribution in [0.2, 0.25) is 5.02 Å². The first kappa shape index (κ1) is 18.5. The van der Waals surface area contributed by atoms with E-state index >= 15 is 0 Å². The lowest BCUT2D eigenvalue weighted by Gasteiger charge is -2.28. The van der Waals surface area contributed by atoms with Gasteiger partial charge < -0.3 is 14.8 Å². The van der Waals surface area contributed by atoms with Crippen LogP contribution in [0.5, 0.6) is 11.5 Å². The van der Waals surface area contributed by atoms with E-state index in [0.29, 0.717) is 41.7 Å². The van der Waals surface area contributed by atoms with Crippen LogP contribution in [0.25, 0.3) is 11.4 Å². The molecule has 0 aliphatic carbocycles. The lowest BCUT2D eigenvalue weighted by Crippen LogP contribution is -2.35. The molecular weight excluding hydrogens is 378 g/mol. The molecule has 1 aliphatic heterocycles. The number of aromatic hydroxyl groups is 1. The molecule has 2 N–H and O–H groups in total. The van der Waals surface area contributed by atoms with Crippen molar-refractivity contribution in [3.8, 4) is 22.9 Å². The molecule has 4 rings (SSSR count). The number of ether oxygens (including phenoxy) is 1. The number of rotatable bonds is 4. The number of nitrogens with zero attached hydrogens (tertiary/aromatic N) is 2. The Morgan fingerprint density at radius 3 is 2.79 bits per heavy atom. The second kappa shape index (κ2) is 7.66. The first-order valence-electron chi connectivity index (χ1n) is 9.00. The van der Waals surface area contributed by atoms with Crippen LogP contribution in [-0.2, 0) is 19.5 Å². The molecule has 7 heteroatoms. The van der Waals surface area contributed by atoms with Crippen molar-refractivity contribution >= 4 is 11.6 Å². The molecule has 0 fully saturated rings. The highest BCUT2D eigenvalue weighted by Crippen LogP contribution is 2.27. The van der Waals surface area contributed by atoms with E-state index < -0.39 is 0 Å². The molecule has 1 aliphatic rings. The molecule has 28 heavy (non-hydrogen) atoms. The molecule has 2 heterocycles. The molecule has 0 spiro atoms.